The minimum Gasteiger partial charge on any atom is -0.548 e. The zero-order valence-electron chi connectivity index (χ0n) is 24.3. The van der Waals surface area contributed by atoms with Crippen molar-refractivity contribution in [2.75, 3.05) is 29.9 Å². The first-order valence-corrected chi connectivity index (χ1v) is 15.0. The van der Waals surface area contributed by atoms with Crippen molar-refractivity contribution in [3.05, 3.63) is 23.0 Å². The largest absolute Gasteiger partial charge is 0.548 e. The minimum atomic E-state index is -1.80. The van der Waals surface area contributed by atoms with Crippen molar-refractivity contribution in [3.8, 4) is 0 Å². The molecule has 0 spiro atoms. The first kappa shape index (κ1) is 33.1. The number of carbonyl (C=O) groups is 5. The van der Waals surface area contributed by atoms with Gasteiger partial charge in [0.15, 0.2) is 34.7 Å². The zero-order chi connectivity index (χ0) is 33.2. The number of carbonyl (C=O) groups excluding carboxylic acids is 4. The lowest BCUT2D eigenvalue weighted by molar-refractivity contribution is -0.765. The SMILES string of the molecule is Cn1c(N)c(NC(=O)NCCN)c[n+]1CC1=CSC2[C@H](CC(=O)/C(=N\OC(C)(C)C(=O)O)c3nsc(N)n3)C(=O)N2C1C(=O)[O-]. The summed E-state index contributed by atoms with van der Waals surface area (Å²) >= 11 is 1.91. The molecule has 0 aromatic carbocycles. The van der Waals surface area contributed by atoms with Crippen LogP contribution in [-0.2, 0) is 37.6 Å². The molecule has 45 heavy (non-hydrogen) atoms. The number of carboxylic acids is 2. The van der Waals surface area contributed by atoms with E-state index >= 15 is 0 Å². The van der Waals surface area contributed by atoms with Crippen molar-refractivity contribution in [2.45, 2.75) is 43.8 Å². The summed E-state index contributed by atoms with van der Waals surface area (Å²) in [5.74, 6) is -5.20. The number of rotatable bonds is 13. The van der Waals surface area contributed by atoms with Crippen molar-refractivity contribution in [1.29, 1.82) is 0 Å². The Hall–Kier alpha value is -4.76. The molecule has 4 rings (SSSR count). The van der Waals surface area contributed by atoms with Crippen molar-refractivity contribution in [2.24, 2.45) is 23.9 Å². The lowest BCUT2D eigenvalue weighted by atomic mass is 9.87. The number of nitrogens with one attached hydrogen (secondary N) is 2. The van der Waals surface area contributed by atoms with Gasteiger partial charge in [-0.3, -0.25) is 14.9 Å². The van der Waals surface area contributed by atoms with E-state index in [1.807, 2.05) is 0 Å². The third kappa shape index (κ3) is 6.83. The number of nitrogens with zero attached hydrogens (tertiary/aromatic N) is 6. The van der Waals surface area contributed by atoms with Crippen LogP contribution >= 0.6 is 23.3 Å². The first-order valence-electron chi connectivity index (χ1n) is 13.3. The molecule has 3 amide bonds. The number of aliphatic carboxylic acids is 2. The minimum absolute atomic E-state index is 0.0156. The van der Waals surface area contributed by atoms with Gasteiger partial charge in [-0.05, 0) is 19.3 Å². The second-order valence-electron chi connectivity index (χ2n) is 10.4. The van der Waals surface area contributed by atoms with Crippen LogP contribution in [0.2, 0.25) is 0 Å². The van der Waals surface area contributed by atoms with Gasteiger partial charge in [0.2, 0.25) is 23.5 Å². The smallest absolute Gasteiger partial charge is 0.350 e. The van der Waals surface area contributed by atoms with Crippen LogP contribution in [0.4, 0.5) is 21.4 Å². The molecule has 2 aliphatic heterocycles. The molecule has 4 heterocycles. The van der Waals surface area contributed by atoms with E-state index in [0.29, 0.717) is 5.57 Å². The molecule has 0 aliphatic carbocycles. The van der Waals surface area contributed by atoms with E-state index in [-0.39, 0.29) is 42.1 Å². The Kier molecular flexibility index (Phi) is 9.63. The number of Topliss-reactive ketones (excluding diaryl/α,β-unsaturated/α-hetero) is 1. The number of ketones is 1. The highest BCUT2D eigenvalue weighted by molar-refractivity contribution is 8.02. The van der Waals surface area contributed by atoms with Gasteiger partial charge in [0, 0.05) is 36.6 Å². The van der Waals surface area contributed by atoms with E-state index < -0.39 is 64.7 Å². The van der Waals surface area contributed by atoms with Crippen molar-refractivity contribution in [3.63, 3.8) is 0 Å². The van der Waals surface area contributed by atoms with E-state index in [1.54, 1.807) is 17.1 Å². The van der Waals surface area contributed by atoms with Crippen LogP contribution in [0.25, 0.3) is 0 Å². The summed E-state index contributed by atoms with van der Waals surface area (Å²) < 4.78 is 7.00. The Labute approximate surface area is 263 Å². The quantitative estimate of drug-likeness (QED) is 0.0545. The first-order chi connectivity index (χ1) is 21.2. The third-order valence-corrected chi connectivity index (χ3v) is 8.73. The van der Waals surface area contributed by atoms with Gasteiger partial charge in [-0.25, -0.2) is 9.59 Å². The van der Waals surface area contributed by atoms with E-state index in [4.69, 9.17) is 22.0 Å². The highest BCUT2D eigenvalue weighted by Crippen LogP contribution is 2.45. The van der Waals surface area contributed by atoms with Crippen molar-refractivity contribution < 1.29 is 43.7 Å². The van der Waals surface area contributed by atoms with Crippen LogP contribution in [-0.4, -0.2) is 89.5 Å². The molecule has 2 unspecified atom stereocenters. The summed E-state index contributed by atoms with van der Waals surface area (Å²) in [5, 5.41) is 31.3. The molecular formula is C24H31N11O8S2. The molecule has 0 saturated carbocycles. The number of anilines is 3. The Bertz CT molecular complexity index is 1600. The third-order valence-electron chi connectivity index (χ3n) is 6.92. The average molecular weight is 666 g/mol. The zero-order valence-corrected chi connectivity index (χ0v) is 25.9. The van der Waals surface area contributed by atoms with E-state index in [0.717, 1.165) is 28.2 Å². The normalized spacial score (nSPS) is 19.7. The number of nitrogens with two attached hydrogens (primary N) is 3. The lowest BCUT2D eigenvalue weighted by Gasteiger charge is -2.52. The summed E-state index contributed by atoms with van der Waals surface area (Å²) in [6.07, 6.45) is 1.09. The fourth-order valence-electron chi connectivity index (χ4n) is 4.41. The number of amides is 3. The van der Waals surface area contributed by atoms with Gasteiger partial charge in [-0.15, -0.1) is 21.1 Å². The van der Waals surface area contributed by atoms with Crippen molar-refractivity contribution >= 4 is 75.3 Å². The number of fused-ring (bicyclic) bond motifs is 1. The number of aromatic nitrogens is 4. The molecule has 1 saturated heterocycles. The van der Waals surface area contributed by atoms with Gasteiger partial charge in [0.1, 0.15) is 6.04 Å². The molecule has 21 heteroatoms. The number of hydrogen-bond acceptors (Lipinski definition) is 15. The summed E-state index contributed by atoms with van der Waals surface area (Å²) in [6.45, 7) is 2.90. The van der Waals surface area contributed by atoms with Crippen LogP contribution in [0, 0.1) is 5.92 Å². The molecule has 0 radical (unpaired) electrons. The molecule has 1 fully saturated rings. The number of hydrogen-bond donors (Lipinski definition) is 6. The molecule has 2 aromatic heterocycles. The monoisotopic (exact) mass is 665 g/mol. The van der Waals surface area contributed by atoms with Gasteiger partial charge >= 0.3 is 12.0 Å². The molecule has 19 nitrogen and oxygen atoms in total. The van der Waals surface area contributed by atoms with Gasteiger partial charge in [0.25, 0.3) is 0 Å². The maximum absolute atomic E-state index is 13.3. The fraction of sp³-hybridized carbons (Fsp3) is 0.458. The number of thioether (sulfide) groups is 1. The van der Waals surface area contributed by atoms with Crippen LogP contribution in [0.3, 0.4) is 0 Å². The Morgan fingerprint density at radius 1 is 1.29 bits per heavy atom. The van der Waals surface area contributed by atoms with E-state index in [1.165, 1.54) is 24.7 Å². The van der Waals surface area contributed by atoms with Gasteiger partial charge in [-0.1, -0.05) is 5.16 Å². The predicted molar refractivity (Wildman–Crippen MR) is 158 cm³/mol. The topological polar surface area (TPSA) is 290 Å². The maximum Gasteiger partial charge on any atom is 0.350 e. The highest BCUT2D eigenvalue weighted by Gasteiger charge is 2.54. The van der Waals surface area contributed by atoms with E-state index in [9.17, 15) is 34.2 Å². The van der Waals surface area contributed by atoms with Crippen LogP contribution in [0.1, 0.15) is 26.1 Å². The Balaban J connectivity index is 1.53. The number of carboxylic acid groups (broad SMARTS) is 2. The number of urea groups is 1. The van der Waals surface area contributed by atoms with Crippen molar-refractivity contribution in [1.82, 2.24) is 24.3 Å². The van der Waals surface area contributed by atoms with Gasteiger partial charge in [-0.2, -0.15) is 9.36 Å². The van der Waals surface area contributed by atoms with Gasteiger partial charge in [0.05, 0.1) is 24.3 Å². The fourth-order valence-corrected chi connectivity index (χ4v) is 6.12. The average Bonchev–Trinajstić information content (AvgIpc) is 3.52. The molecule has 3 atom stereocenters. The number of oxime groups is 1. The van der Waals surface area contributed by atoms with E-state index in [2.05, 4.69) is 25.1 Å². The number of nitrogen functional groups attached to an aromatic ring is 2. The predicted octanol–water partition coefficient (Wildman–Crippen LogP) is -2.81. The number of β-lactam (4-membered cyclic amide) rings is 1. The Morgan fingerprint density at radius 2 is 2.00 bits per heavy atom. The van der Waals surface area contributed by atoms with Crippen LogP contribution < -0.4 is 37.6 Å². The maximum atomic E-state index is 13.3. The molecule has 0 bridgehead atoms. The lowest BCUT2D eigenvalue weighted by Crippen LogP contribution is -2.69. The molecule has 2 aromatic rings. The Morgan fingerprint density at radius 3 is 2.60 bits per heavy atom. The summed E-state index contributed by atoms with van der Waals surface area (Å²) in [5.41, 5.74) is 15.5. The standard InChI is InChI=1S/C24H31N11O8S2/c1-24(2,21(40)41)43-31-14(17-30-22(27)45-32-17)13(36)6-11-18(37)35-15(20(38)39)10(9-44-19(11)35)7-34-8-12(16(26)33(34)3)29-23(42)28-5-4-25/h8-9,11,15,19,26H,4-7,25H2,1-3H3,(H6,27,28,29,30,32,38,39,40,41,42)/b31-14+/t11-,15?,19?/m1/s1. The molecule has 9 N–H and O–H groups in total. The second-order valence-corrected chi connectivity index (χ2v) is 12.2. The highest BCUT2D eigenvalue weighted by atomic mass is 32.2. The second kappa shape index (κ2) is 13.1. The van der Waals surface area contributed by atoms with Crippen LogP contribution in [0.15, 0.2) is 22.3 Å². The van der Waals surface area contributed by atoms with Gasteiger partial charge < -0.3 is 47.3 Å². The molecule has 242 valence electrons. The summed E-state index contributed by atoms with van der Waals surface area (Å²) in [6, 6.07) is -1.98. The summed E-state index contributed by atoms with van der Waals surface area (Å²) in [7, 11) is 1.60. The summed E-state index contributed by atoms with van der Waals surface area (Å²) in [4.78, 5) is 72.6. The molecular weight excluding hydrogens is 634 g/mol. The molecule has 2 aliphatic rings. The van der Waals surface area contributed by atoms with Crippen LogP contribution in [0.5, 0.6) is 0 Å².